The van der Waals surface area contributed by atoms with E-state index in [9.17, 15) is 9.59 Å². The van der Waals surface area contributed by atoms with E-state index in [2.05, 4.69) is 5.32 Å². The number of carbonyl (C=O) groups excluding carboxylic acids is 2. The molecule has 0 aromatic carbocycles. The van der Waals surface area contributed by atoms with E-state index in [0.29, 0.717) is 19.6 Å². The second kappa shape index (κ2) is 12.7. The maximum absolute atomic E-state index is 11.2. The third kappa shape index (κ3) is 11.7. The number of carbonyl (C=O) groups is 2. The van der Waals surface area contributed by atoms with Crippen molar-refractivity contribution in [3.63, 3.8) is 0 Å². The molecule has 106 valence electrons. The lowest BCUT2D eigenvalue weighted by molar-refractivity contribution is -0.111. The zero-order valence-corrected chi connectivity index (χ0v) is 12.0. The number of hydrogen-bond donors (Lipinski definition) is 1. The number of ether oxygens (including phenoxy) is 2. The maximum Gasteiger partial charge on any atom is 0.407 e. The van der Waals surface area contributed by atoms with E-state index in [0.717, 1.165) is 25.0 Å². The average molecular weight is 277 g/mol. The van der Waals surface area contributed by atoms with Gasteiger partial charge in [-0.15, -0.1) is 0 Å². The topological polar surface area (TPSA) is 64.6 Å². The summed E-state index contributed by atoms with van der Waals surface area (Å²) in [5.74, 6) is 0.841. The van der Waals surface area contributed by atoms with E-state index in [1.165, 1.54) is 11.8 Å². The minimum absolute atomic E-state index is 0.254. The van der Waals surface area contributed by atoms with Crippen LogP contribution < -0.4 is 5.32 Å². The third-order valence-corrected chi connectivity index (χ3v) is 2.97. The number of alkyl carbamates (subject to hydrolysis) is 1. The summed E-state index contributed by atoms with van der Waals surface area (Å²) in [7, 11) is 1.55. The Balaban J connectivity index is 3.24. The first-order chi connectivity index (χ1) is 8.70. The fourth-order valence-electron chi connectivity index (χ4n) is 1.26. The minimum Gasteiger partial charge on any atom is -0.447 e. The van der Waals surface area contributed by atoms with Crippen molar-refractivity contribution < 1.29 is 19.1 Å². The van der Waals surface area contributed by atoms with Crippen LogP contribution in [0.15, 0.2) is 0 Å². The highest BCUT2D eigenvalue weighted by atomic mass is 32.2. The van der Waals surface area contributed by atoms with Crippen LogP contribution in [0, 0.1) is 0 Å². The Labute approximate surface area is 113 Å². The van der Waals surface area contributed by atoms with Gasteiger partial charge >= 0.3 is 6.09 Å². The molecule has 0 rings (SSSR count). The average Bonchev–Trinajstić information content (AvgIpc) is 2.34. The van der Waals surface area contributed by atoms with Crippen molar-refractivity contribution in [2.24, 2.45) is 0 Å². The molecule has 0 aliphatic carbocycles. The predicted octanol–water partition coefficient (Wildman–Crippen LogP) is 2.20. The van der Waals surface area contributed by atoms with Gasteiger partial charge in [0.15, 0.2) is 5.12 Å². The largest absolute Gasteiger partial charge is 0.447 e. The first kappa shape index (κ1) is 17.2. The summed E-state index contributed by atoms with van der Waals surface area (Å²) in [5, 5.41) is 2.90. The summed E-state index contributed by atoms with van der Waals surface area (Å²) in [6.07, 6.45) is 2.89. The molecule has 0 unspecified atom stereocenters. The van der Waals surface area contributed by atoms with Gasteiger partial charge in [-0.3, -0.25) is 4.79 Å². The number of amides is 1. The third-order valence-electron chi connectivity index (χ3n) is 2.15. The summed E-state index contributed by atoms with van der Waals surface area (Å²) >= 11 is 1.37. The molecule has 0 spiro atoms. The molecule has 0 heterocycles. The first-order valence-electron chi connectivity index (χ1n) is 6.25. The Morgan fingerprint density at radius 2 is 1.94 bits per heavy atom. The quantitative estimate of drug-likeness (QED) is 0.620. The molecular weight excluding hydrogens is 254 g/mol. The number of nitrogens with one attached hydrogen (secondary N) is 1. The van der Waals surface area contributed by atoms with Gasteiger partial charge in [-0.2, -0.15) is 0 Å². The highest BCUT2D eigenvalue weighted by Gasteiger charge is 2.02. The van der Waals surface area contributed by atoms with Crippen LogP contribution in [0.25, 0.3) is 0 Å². The van der Waals surface area contributed by atoms with E-state index in [1.54, 1.807) is 7.11 Å². The molecule has 0 radical (unpaired) electrons. The van der Waals surface area contributed by atoms with Gasteiger partial charge in [-0.1, -0.05) is 25.1 Å². The molecule has 0 fully saturated rings. The number of thioether (sulfide) groups is 1. The molecule has 0 aromatic rings. The summed E-state index contributed by atoms with van der Waals surface area (Å²) in [6.45, 7) is 3.23. The fraction of sp³-hybridized carbons (Fsp3) is 0.833. The van der Waals surface area contributed by atoms with E-state index in [1.807, 2.05) is 6.92 Å². The predicted molar refractivity (Wildman–Crippen MR) is 72.8 cm³/mol. The zero-order chi connectivity index (χ0) is 13.6. The number of unbranched alkanes of at least 4 members (excludes halogenated alkanes) is 2. The van der Waals surface area contributed by atoms with E-state index in [4.69, 9.17) is 9.47 Å². The summed E-state index contributed by atoms with van der Waals surface area (Å²) in [5.41, 5.74) is 0. The molecule has 1 N–H and O–H groups in total. The first-order valence-corrected chi connectivity index (χ1v) is 7.24. The van der Waals surface area contributed by atoms with Crippen LogP contribution in [0.1, 0.15) is 32.6 Å². The Morgan fingerprint density at radius 3 is 2.61 bits per heavy atom. The molecule has 0 aliphatic rings. The lowest BCUT2D eigenvalue weighted by Gasteiger charge is -2.06. The van der Waals surface area contributed by atoms with Crippen molar-refractivity contribution >= 4 is 23.0 Å². The molecule has 18 heavy (non-hydrogen) atoms. The molecule has 5 nitrogen and oxygen atoms in total. The van der Waals surface area contributed by atoms with Crippen molar-refractivity contribution in [1.29, 1.82) is 0 Å². The Bertz CT molecular complexity index is 236. The second-order valence-corrected chi connectivity index (χ2v) is 4.99. The van der Waals surface area contributed by atoms with Gasteiger partial charge in [0.25, 0.3) is 0 Å². The SMILES string of the molecule is CCSC(=O)CCCCCNC(=O)OCCOC. The van der Waals surface area contributed by atoms with Crippen LogP contribution in [-0.4, -0.2) is 43.8 Å². The van der Waals surface area contributed by atoms with Gasteiger partial charge in [0.05, 0.1) is 6.61 Å². The second-order valence-electron chi connectivity index (χ2n) is 3.67. The van der Waals surface area contributed by atoms with Crippen LogP contribution in [0.2, 0.25) is 0 Å². The van der Waals surface area contributed by atoms with Gasteiger partial charge in [0.1, 0.15) is 6.61 Å². The normalized spacial score (nSPS) is 10.1. The monoisotopic (exact) mass is 277 g/mol. The van der Waals surface area contributed by atoms with Gasteiger partial charge in [0, 0.05) is 20.1 Å². The molecular formula is C12H23NO4S. The maximum atomic E-state index is 11.2. The van der Waals surface area contributed by atoms with Crippen molar-refractivity contribution in [3.05, 3.63) is 0 Å². The van der Waals surface area contributed by atoms with Crippen molar-refractivity contribution in [3.8, 4) is 0 Å². The molecule has 0 saturated carbocycles. The van der Waals surface area contributed by atoms with Crippen LogP contribution >= 0.6 is 11.8 Å². The highest BCUT2D eigenvalue weighted by molar-refractivity contribution is 8.13. The fourth-order valence-corrected chi connectivity index (χ4v) is 1.87. The highest BCUT2D eigenvalue weighted by Crippen LogP contribution is 2.08. The van der Waals surface area contributed by atoms with Crippen molar-refractivity contribution in [2.75, 3.05) is 32.6 Å². The molecule has 1 amide bonds. The van der Waals surface area contributed by atoms with Crippen LogP contribution in [0.5, 0.6) is 0 Å². The van der Waals surface area contributed by atoms with Crippen molar-refractivity contribution in [2.45, 2.75) is 32.6 Å². The zero-order valence-electron chi connectivity index (χ0n) is 11.2. The molecule has 0 bridgehead atoms. The lowest BCUT2D eigenvalue weighted by Crippen LogP contribution is -2.26. The Kier molecular flexibility index (Phi) is 12.2. The van der Waals surface area contributed by atoms with E-state index < -0.39 is 6.09 Å². The summed E-state index contributed by atoms with van der Waals surface area (Å²) in [4.78, 5) is 22.3. The number of methoxy groups -OCH3 is 1. The molecule has 6 heteroatoms. The van der Waals surface area contributed by atoms with Gasteiger partial charge < -0.3 is 14.8 Å². The van der Waals surface area contributed by atoms with Crippen LogP contribution in [0.4, 0.5) is 4.79 Å². The van der Waals surface area contributed by atoms with Crippen LogP contribution in [-0.2, 0) is 14.3 Å². The number of rotatable bonds is 10. The van der Waals surface area contributed by atoms with Gasteiger partial charge in [-0.25, -0.2) is 4.79 Å². The molecule has 0 atom stereocenters. The number of hydrogen-bond acceptors (Lipinski definition) is 5. The summed E-state index contributed by atoms with van der Waals surface area (Å²) in [6, 6.07) is 0. The Hall–Kier alpha value is -0.750. The van der Waals surface area contributed by atoms with E-state index >= 15 is 0 Å². The van der Waals surface area contributed by atoms with E-state index in [-0.39, 0.29) is 11.7 Å². The molecule has 0 aromatic heterocycles. The van der Waals surface area contributed by atoms with Gasteiger partial charge in [-0.05, 0) is 18.6 Å². The molecule has 0 aliphatic heterocycles. The van der Waals surface area contributed by atoms with Crippen molar-refractivity contribution in [1.82, 2.24) is 5.32 Å². The van der Waals surface area contributed by atoms with Crippen LogP contribution in [0.3, 0.4) is 0 Å². The summed E-state index contributed by atoms with van der Waals surface area (Å²) < 4.78 is 9.58. The lowest BCUT2D eigenvalue weighted by atomic mass is 10.2. The Morgan fingerprint density at radius 1 is 1.17 bits per heavy atom. The smallest absolute Gasteiger partial charge is 0.407 e. The molecule has 0 saturated heterocycles. The van der Waals surface area contributed by atoms with Gasteiger partial charge in [0.2, 0.25) is 0 Å². The minimum atomic E-state index is -0.412. The standard InChI is InChI=1S/C12H23NO4S/c1-3-18-11(14)7-5-4-6-8-13-12(15)17-10-9-16-2/h3-10H2,1-2H3,(H,13,15).